The number of rotatable bonds is 1. The molecule has 1 aliphatic rings. The lowest BCUT2D eigenvalue weighted by Gasteiger charge is -2.21. The van der Waals surface area contributed by atoms with Gasteiger partial charge in [0.2, 0.25) is 0 Å². The second kappa shape index (κ2) is 5.00. The Morgan fingerprint density at radius 3 is 2.93 bits per heavy atom. The maximum Gasteiger partial charge on any atom is 0.413 e. The summed E-state index contributed by atoms with van der Waals surface area (Å²) in [5.41, 5.74) is 1.10. The van der Waals surface area contributed by atoms with Crippen molar-refractivity contribution in [3.05, 3.63) is 17.0 Å². The lowest BCUT2D eigenvalue weighted by atomic mass is 10.1. The Morgan fingerprint density at radius 2 is 2.29 bits per heavy atom. The third-order valence-electron chi connectivity index (χ3n) is 1.92. The molecule has 1 aromatic rings. The van der Waals surface area contributed by atoms with Crippen LogP contribution in [0.25, 0.3) is 0 Å². The highest BCUT2D eigenvalue weighted by Crippen LogP contribution is 2.35. The van der Waals surface area contributed by atoms with Crippen LogP contribution in [0.3, 0.4) is 0 Å². The van der Waals surface area contributed by atoms with Crippen molar-refractivity contribution in [2.45, 2.75) is 33.2 Å². The molecule has 2 rings (SSSR count). The Hall–Kier alpha value is -1.03. The molecule has 3 nitrogen and oxygen atoms in total. The van der Waals surface area contributed by atoms with E-state index >= 15 is 0 Å². The molecule has 0 bridgehead atoms. The molecule has 1 aliphatic heterocycles. The highest BCUT2D eigenvalue weighted by atomic mass is 32.1. The molecule has 1 unspecified atom stereocenters. The van der Waals surface area contributed by atoms with Gasteiger partial charge < -0.3 is 10.1 Å². The molecule has 0 saturated carbocycles. The number of hydrogen-bond donors (Lipinski definition) is 1. The molecule has 2 heterocycles. The van der Waals surface area contributed by atoms with Gasteiger partial charge in [-0.05, 0) is 17.9 Å². The molecule has 78 valence electrons. The van der Waals surface area contributed by atoms with Crippen molar-refractivity contribution in [2.75, 3.05) is 0 Å². The fourth-order valence-electron chi connectivity index (χ4n) is 1.30. The van der Waals surface area contributed by atoms with Gasteiger partial charge in [0.25, 0.3) is 0 Å². The first kappa shape index (κ1) is 11.0. The molecule has 1 aromatic heterocycles. The van der Waals surface area contributed by atoms with Crippen LogP contribution in [0, 0.1) is 0 Å². The van der Waals surface area contributed by atoms with Crippen LogP contribution >= 0.6 is 11.3 Å². The zero-order valence-electron chi connectivity index (χ0n) is 8.66. The average molecular weight is 213 g/mol. The number of nitrogens with one attached hydrogen (secondary N) is 1. The van der Waals surface area contributed by atoms with Crippen LogP contribution in [0.2, 0.25) is 0 Å². The molecular weight excluding hydrogens is 198 g/mol. The molecule has 0 aliphatic carbocycles. The normalized spacial score (nSPS) is 18.5. The Morgan fingerprint density at radius 1 is 1.57 bits per heavy atom. The zero-order chi connectivity index (χ0) is 10.6. The van der Waals surface area contributed by atoms with E-state index in [2.05, 4.69) is 5.32 Å². The van der Waals surface area contributed by atoms with Crippen molar-refractivity contribution in [1.82, 2.24) is 5.32 Å². The Kier molecular flexibility index (Phi) is 3.95. The summed E-state index contributed by atoms with van der Waals surface area (Å²) < 4.78 is 4.97. The molecule has 1 amide bonds. The van der Waals surface area contributed by atoms with Gasteiger partial charge in [0, 0.05) is 5.56 Å². The van der Waals surface area contributed by atoms with Crippen molar-refractivity contribution >= 4 is 17.4 Å². The summed E-state index contributed by atoms with van der Waals surface area (Å²) in [7, 11) is 0. The van der Waals surface area contributed by atoms with Gasteiger partial charge >= 0.3 is 6.09 Å². The first-order valence-corrected chi connectivity index (χ1v) is 5.75. The van der Waals surface area contributed by atoms with Gasteiger partial charge in [-0.2, -0.15) is 0 Å². The van der Waals surface area contributed by atoms with Gasteiger partial charge in [-0.3, -0.25) is 0 Å². The molecule has 4 heteroatoms. The van der Waals surface area contributed by atoms with E-state index in [1.807, 2.05) is 32.2 Å². The highest BCUT2D eigenvalue weighted by Gasteiger charge is 2.25. The van der Waals surface area contributed by atoms with E-state index in [4.69, 9.17) is 4.74 Å². The van der Waals surface area contributed by atoms with Crippen LogP contribution in [0.1, 0.15) is 38.8 Å². The van der Waals surface area contributed by atoms with Gasteiger partial charge in [0.15, 0.2) is 5.06 Å². The summed E-state index contributed by atoms with van der Waals surface area (Å²) >= 11 is 1.47. The molecule has 0 aromatic carbocycles. The number of carbonyl (C=O) groups is 1. The molecule has 14 heavy (non-hydrogen) atoms. The first-order valence-electron chi connectivity index (χ1n) is 4.87. The number of fused-ring (bicyclic) bond motifs is 1. The van der Waals surface area contributed by atoms with E-state index in [1.54, 1.807) is 0 Å². The van der Waals surface area contributed by atoms with Crippen molar-refractivity contribution < 1.29 is 9.53 Å². The standard InChI is InChI=1S/C8H9NO2S.C2H6/c1-2-6-5-3-4-12-7(5)11-8(10)9-6;1-2/h3-4,6H,2H2,1H3,(H,9,10);1-2H3. The summed E-state index contributed by atoms with van der Waals surface area (Å²) in [5, 5.41) is 5.43. The van der Waals surface area contributed by atoms with E-state index in [1.165, 1.54) is 11.3 Å². The number of amides is 1. The average Bonchev–Trinajstić information content (AvgIpc) is 2.67. The summed E-state index contributed by atoms with van der Waals surface area (Å²) in [6, 6.07) is 2.13. The smallest absolute Gasteiger partial charge is 0.399 e. The van der Waals surface area contributed by atoms with Gasteiger partial charge in [-0.1, -0.05) is 20.8 Å². The monoisotopic (exact) mass is 213 g/mol. The fraction of sp³-hybridized carbons (Fsp3) is 0.500. The molecular formula is C10H15NO2S. The quantitative estimate of drug-likeness (QED) is 0.777. The van der Waals surface area contributed by atoms with E-state index in [0.29, 0.717) is 0 Å². The maximum atomic E-state index is 11.0. The van der Waals surface area contributed by atoms with Crippen molar-refractivity contribution in [3.8, 4) is 5.06 Å². The van der Waals surface area contributed by atoms with E-state index < -0.39 is 0 Å². The van der Waals surface area contributed by atoms with E-state index in [0.717, 1.165) is 17.0 Å². The second-order valence-corrected chi connectivity index (χ2v) is 3.54. The summed E-state index contributed by atoms with van der Waals surface area (Å²) in [6.07, 6.45) is 0.565. The van der Waals surface area contributed by atoms with Crippen LogP contribution in [-0.4, -0.2) is 6.09 Å². The summed E-state index contributed by atoms with van der Waals surface area (Å²) in [6.45, 7) is 6.04. The Balaban J connectivity index is 0.000000461. The Bertz CT molecular complexity index is 309. The van der Waals surface area contributed by atoms with E-state index in [-0.39, 0.29) is 12.1 Å². The lowest BCUT2D eigenvalue weighted by molar-refractivity contribution is 0.190. The van der Waals surface area contributed by atoms with E-state index in [9.17, 15) is 4.79 Å². The van der Waals surface area contributed by atoms with Crippen molar-refractivity contribution in [3.63, 3.8) is 0 Å². The summed E-state index contributed by atoms with van der Waals surface area (Å²) in [5.74, 6) is 0. The van der Waals surface area contributed by atoms with Gasteiger partial charge in [-0.15, -0.1) is 11.3 Å². The second-order valence-electron chi connectivity index (χ2n) is 2.66. The molecule has 0 saturated heterocycles. The maximum absolute atomic E-state index is 11.0. The van der Waals surface area contributed by atoms with Crippen LogP contribution < -0.4 is 10.1 Å². The number of thiophene rings is 1. The number of carbonyl (C=O) groups excluding carboxylic acids is 1. The predicted octanol–water partition coefficient (Wildman–Crippen LogP) is 3.33. The highest BCUT2D eigenvalue weighted by molar-refractivity contribution is 7.12. The van der Waals surface area contributed by atoms with Crippen molar-refractivity contribution in [2.24, 2.45) is 0 Å². The largest absolute Gasteiger partial charge is 0.413 e. The van der Waals surface area contributed by atoms with Gasteiger partial charge in [-0.25, -0.2) is 4.79 Å². The first-order chi connectivity index (χ1) is 6.81. The van der Waals surface area contributed by atoms with Gasteiger partial charge in [0.05, 0.1) is 6.04 Å². The Labute approximate surface area is 88.1 Å². The molecule has 0 radical (unpaired) electrons. The molecule has 1 N–H and O–H groups in total. The summed E-state index contributed by atoms with van der Waals surface area (Å²) in [4.78, 5) is 11.0. The predicted molar refractivity (Wildman–Crippen MR) is 57.9 cm³/mol. The minimum atomic E-state index is -0.336. The van der Waals surface area contributed by atoms with Crippen LogP contribution in [0.15, 0.2) is 11.4 Å². The molecule has 0 fully saturated rings. The van der Waals surface area contributed by atoms with Crippen LogP contribution in [-0.2, 0) is 0 Å². The minimum absolute atomic E-state index is 0.132. The topological polar surface area (TPSA) is 38.3 Å². The lowest BCUT2D eigenvalue weighted by Crippen LogP contribution is -2.34. The SMILES string of the molecule is CC.CCC1NC(=O)Oc2sccc21. The zero-order valence-corrected chi connectivity index (χ0v) is 9.48. The molecule has 1 atom stereocenters. The fourth-order valence-corrected chi connectivity index (χ4v) is 2.11. The minimum Gasteiger partial charge on any atom is -0.399 e. The van der Waals surface area contributed by atoms with Crippen LogP contribution in [0.4, 0.5) is 4.79 Å². The van der Waals surface area contributed by atoms with Gasteiger partial charge in [0.1, 0.15) is 0 Å². The third-order valence-corrected chi connectivity index (χ3v) is 2.72. The number of ether oxygens (including phenoxy) is 1. The van der Waals surface area contributed by atoms with Crippen molar-refractivity contribution in [1.29, 1.82) is 0 Å². The third kappa shape index (κ3) is 2.07. The molecule has 0 spiro atoms. The number of hydrogen-bond acceptors (Lipinski definition) is 3. The van der Waals surface area contributed by atoms with Crippen LogP contribution in [0.5, 0.6) is 5.06 Å².